The Morgan fingerprint density at radius 3 is 2.61 bits per heavy atom. The first-order chi connectivity index (χ1) is 14.8. The topological polar surface area (TPSA) is 87.4 Å². The maximum Gasteiger partial charge on any atom is 0.191 e. The third-order valence-electron chi connectivity index (χ3n) is 5.71. The van der Waals surface area contributed by atoms with E-state index >= 15 is 0 Å². The Labute approximate surface area is 206 Å². The molecule has 1 saturated carbocycles. The van der Waals surface area contributed by atoms with Gasteiger partial charge < -0.3 is 20.3 Å². The molecule has 7 nitrogen and oxygen atoms in total. The molecule has 0 amide bonds. The number of rotatable bonds is 10. The van der Waals surface area contributed by atoms with Crippen LogP contribution in [0.1, 0.15) is 55.5 Å². The molecule has 0 aliphatic heterocycles. The van der Waals surface area contributed by atoms with Crippen LogP contribution in [-0.2, 0) is 6.42 Å². The molecule has 1 heterocycles. The number of benzene rings is 1. The Balaban J connectivity index is 0.00000341. The average Bonchev–Trinajstić information content (AvgIpc) is 3.45. The standard InChI is InChI=1S/C22H34N6OS.HI/c1-23-21(25-15-18(16-29)17-9-4-3-5-10-17)24-14-8-13-20-26-27-22(30-2)28(20)19-11-6-7-12-19;/h3-5,9-10,18-19,29H,6-8,11-16H2,1-2H3,(H2,23,24,25);1H. The number of hydrogen-bond donors (Lipinski definition) is 3. The summed E-state index contributed by atoms with van der Waals surface area (Å²) in [6.45, 7) is 1.54. The molecule has 0 radical (unpaired) electrons. The summed E-state index contributed by atoms with van der Waals surface area (Å²) in [5.41, 5.74) is 1.12. The SMILES string of the molecule is CN=C(NCCCc1nnc(SC)n1C1CCCC1)NCC(CO)c1ccccc1.I. The second kappa shape index (κ2) is 13.9. The molecule has 3 N–H and O–H groups in total. The van der Waals surface area contributed by atoms with Crippen molar-refractivity contribution in [2.75, 3.05) is 33.0 Å². The van der Waals surface area contributed by atoms with Crippen molar-refractivity contribution in [3.05, 3.63) is 41.7 Å². The molecule has 172 valence electrons. The summed E-state index contributed by atoms with van der Waals surface area (Å²) in [6.07, 6.45) is 9.02. The van der Waals surface area contributed by atoms with Crippen LogP contribution in [0.5, 0.6) is 0 Å². The number of nitrogens with one attached hydrogen (secondary N) is 2. The Kier molecular flexibility index (Phi) is 11.7. The fourth-order valence-corrected chi connectivity index (χ4v) is 4.63. The van der Waals surface area contributed by atoms with Crippen molar-refractivity contribution in [2.45, 2.75) is 55.6 Å². The highest BCUT2D eigenvalue weighted by Crippen LogP contribution is 2.33. The van der Waals surface area contributed by atoms with Crippen LogP contribution in [0, 0.1) is 0 Å². The van der Waals surface area contributed by atoms with E-state index in [0.717, 1.165) is 41.9 Å². The predicted molar refractivity (Wildman–Crippen MR) is 139 cm³/mol. The zero-order chi connectivity index (χ0) is 21.2. The van der Waals surface area contributed by atoms with E-state index in [1.165, 1.54) is 25.7 Å². The summed E-state index contributed by atoms with van der Waals surface area (Å²) in [7, 11) is 1.77. The molecule has 1 aliphatic rings. The summed E-state index contributed by atoms with van der Waals surface area (Å²) < 4.78 is 2.37. The van der Waals surface area contributed by atoms with E-state index in [9.17, 15) is 5.11 Å². The van der Waals surface area contributed by atoms with Crippen molar-refractivity contribution in [1.82, 2.24) is 25.4 Å². The van der Waals surface area contributed by atoms with E-state index in [1.54, 1.807) is 18.8 Å². The number of guanidine groups is 1. The van der Waals surface area contributed by atoms with Crippen LogP contribution < -0.4 is 10.6 Å². The van der Waals surface area contributed by atoms with Crippen LogP contribution in [0.25, 0.3) is 0 Å². The van der Waals surface area contributed by atoms with Gasteiger partial charge in [-0.1, -0.05) is 54.9 Å². The van der Waals surface area contributed by atoms with E-state index in [-0.39, 0.29) is 36.5 Å². The van der Waals surface area contributed by atoms with E-state index < -0.39 is 0 Å². The van der Waals surface area contributed by atoms with E-state index in [4.69, 9.17) is 0 Å². The van der Waals surface area contributed by atoms with Gasteiger partial charge in [0, 0.05) is 38.5 Å². The Hall–Kier alpha value is -1.33. The third kappa shape index (κ3) is 7.35. The van der Waals surface area contributed by atoms with Gasteiger partial charge in [-0.25, -0.2) is 0 Å². The van der Waals surface area contributed by atoms with Gasteiger partial charge in [0.2, 0.25) is 0 Å². The lowest BCUT2D eigenvalue weighted by molar-refractivity contribution is 0.265. The molecule has 0 saturated heterocycles. The fourth-order valence-electron chi connectivity index (χ4n) is 4.05. The van der Waals surface area contributed by atoms with Crippen LogP contribution in [0.3, 0.4) is 0 Å². The molecule has 9 heteroatoms. The molecule has 1 aliphatic carbocycles. The molecule has 1 unspecified atom stereocenters. The monoisotopic (exact) mass is 558 g/mol. The number of hydrogen-bond acceptors (Lipinski definition) is 5. The molecule has 0 spiro atoms. The number of halogens is 1. The van der Waals surface area contributed by atoms with Gasteiger partial charge in [-0.15, -0.1) is 34.2 Å². The number of aromatic nitrogens is 3. The lowest BCUT2D eigenvalue weighted by Gasteiger charge is -2.18. The number of nitrogens with zero attached hydrogens (tertiary/aromatic N) is 4. The second-order valence-corrected chi connectivity index (χ2v) is 8.46. The van der Waals surface area contributed by atoms with Crippen LogP contribution in [0.4, 0.5) is 0 Å². The zero-order valence-corrected chi connectivity index (χ0v) is 21.6. The highest BCUT2D eigenvalue weighted by molar-refractivity contribution is 14.0. The molecular formula is C22H35IN6OS. The number of aryl methyl sites for hydroxylation is 1. The smallest absolute Gasteiger partial charge is 0.191 e. The average molecular weight is 559 g/mol. The van der Waals surface area contributed by atoms with Crippen molar-refractivity contribution in [3.8, 4) is 0 Å². The van der Waals surface area contributed by atoms with Crippen LogP contribution in [-0.4, -0.2) is 58.8 Å². The molecule has 0 bridgehead atoms. The van der Waals surface area contributed by atoms with E-state index in [2.05, 4.69) is 36.6 Å². The molecule has 2 aromatic rings. The van der Waals surface area contributed by atoms with Gasteiger partial charge >= 0.3 is 0 Å². The molecule has 1 aromatic carbocycles. The van der Waals surface area contributed by atoms with E-state index in [1.807, 2.05) is 30.3 Å². The summed E-state index contributed by atoms with van der Waals surface area (Å²) in [4.78, 5) is 4.31. The molecule has 3 rings (SSSR count). The molecular weight excluding hydrogens is 523 g/mol. The minimum Gasteiger partial charge on any atom is -0.396 e. The van der Waals surface area contributed by atoms with Gasteiger partial charge in [0.1, 0.15) is 5.82 Å². The Morgan fingerprint density at radius 2 is 1.97 bits per heavy atom. The van der Waals surface area contributed by atoms with Gasteiger partial charge in [0.15, 0.2) is 11.1 Å². The Bertz CT molecular complexity index is 795. The van der Waals surface area contributed by atoms with Gasteiger partial charge in [-0.3, -0.25) is 4.99 Å². The van der Waals surface area contributed by atoms with Crippen molar-refractivity contribution in [3.63, 3.8) is 0 Å². The quantitative estimate of drug-likeness (QED) is 0.136. The zero-order valence-electron chi connectivity index (χ0n) is 18.5. The number of thioether (sulfide) groups is 1. The summed E-state index contributed by atoms with van der Waals surface area (Å²) in [5.74, 6) is 1.89. The molecule has 1 atom stereocenters. The first kappa shape index (κ1) is 25.9. The minimum atomic E-state index is 0. The number of aliphatic hydroxyl groups is 1. The lowest BCUT2D eigenvalue weighted by atomic mass is 10.0. The van der Waals surface area contributed by atoms with Crippen molar-refractivity contribution in [2.24, 2.45) is 4.99 Å². The summed E-state index contributed by atoms with van der Waals surface area (Å²) in [6, 6.07) is 10.6. The highest BCUT2D eigenvalue weighted by atomic mass is 127. The van der Waals surface area contributed by atoms with Crippen LogP contribution in [0.15, 0.2) is 40.5 Å². The third-order valence-corrected chi connectivity index (χ3v) is 6.35. The highest BCUT2D eigenvalue weighted by Gasteiger charge is 2.23. The number of aliphatic imine (C=N–C) groups is 1. The van der Waals surface area contributed by atoms with E-state index in [0.29, 0.717) is 12.6 Å². The second-order valence-electron chi connectivity index (χ2n) is 7.68. The lowest BCUT2D eigenvalue weighted by Crippen LogP contribution is -2.40. The van der Waals surface area contributed by atoms with Crippen LogP contribution in [0.2, 0.25) is 0 Å². The normalized spacial score (nSPS) is 15.5. The largest absolute Gasteiger partial charge is 0.396 e. The molecule has 1 aromatic heterocycles. The minimum absolute atomic E-state index is 0. The maximum atomic E-state index is 9.73. The Morgan fingerprint density at radius 1 is 1.23 bits per heavy atom. The first-order valence-electron chi connectivity index (χ1n) is 10.8. The molecule has 1 fully saturated rings. The van der Waals surface area contributed by atoms with Crippen molar-refractivity contribution in [1.29, 1.82) is 0 Å². The van der Waals surface area contributed by atoms with Crippen molar-refractivity contribution < 1.29 is 5.11 Å². The maximum absolute atomic E-state index is 9.73. The summed E-state index contributed by atoms with van der Waals surface area (Å²) in [5, 5.41) is 26.3. The first-order valence-corrected chi connectivity index (χ1v) is 12.1. The van der Waals surface area contributed by atoms with Gasteiger partial charge in [-0.05, 0) is 31.1 Å². The summed E-state index contributed by atoms with van der Waals surface area (Å²) >= 11 is 1.68. The predicted octanol–water partition coefficient (Wildman–Crippen LogP) is 3.61. The van der Waals surface area contributed by atoms with Crippen LogP contribution >= 0.6 is 35.7 Å². The van der Waals surface area contributed by atoms with Gasteiger partial charge in [-0.2, -0.15) is 0 Å². The molecule has 31 heavy (non-hydrogen) atoms. The van der Waals surface area contributed by atoms with Crippen molar-refractivity contribution >= 4 is 41.7 Å². The van der Waals surface area contributed by atoms with Gasteiger partial charge in [0.25, 0.3) is 0 Å². The van der Waals surface area contributed by atoms with Gasteiger partial charge in [0.05, 0.1) is 6.61 Å². The fraction of sp³-hybridized carbons (Fsp3) is 0.591. The number of aliphatic hydroxyl groups excluding tert-OH is 1.